The molecular formula is C17H24N2O. The molecule has 0 spiro atoms. The summed E-state index contributed by atoms with van der Waals surface area (Å²) < 4.78 is 0. The van der Waals surface area contributed by atoms with E-state index in [-0.39, 0.29) is 5.91 Å². The Hall–Kier alpha value is -1.61. The van der Waals surface area contributed by atoms with E-state index in [1.165, 1.54) is 19.3 Å². The maximum Gasteiger partial charge on any atom is 0.244 e. The van der Waals surface area contributed by atoms with E-state index in [1.54, 1.807) is 6.08 Å². The minimum Gasteiger partial charge on any atom is -0.351 e. The maximum absolute atomic E-state index is 11.7. The smallest absolute Gasteiger partial charge is 0.244 e. The van der Waals surface area contributed by atoms with Crippen molar-refractivity contribution in [1.29, 1.82) is 0 Å². The van der Waals surface area contributed by atoms with Gasteiger partial charge in [-0.25, -0.2) is 0 Å². The van der Waals surface area contributed by atoms with Gasteiger partial charge in [-0.3, -0.25) is 9.69 Å². The number of carbonyl (C=O) groups is 1. The number of nitrogens with zero attached hydrogens (tertiary/aromatic N) is 1. The first-order valence-electron chi connectivity index (χ1n) is 7.51. The maximum atomic E-state index is 11.7. The normalized spacial score (nSPS) is 20.1. The van der Waals surface area contributed by atoms with Crippen LogP contribution < -0.4 is 5.32 Å². The molecule has 0 unspecified atom stereocenters. The van der Waals surface area contributed by atoms with Gasteiger partial charge in [0.25, 0.3) is 0 Å². The standard InChI is InChI=1S/C17H24N2O/c1-15-7-5-6-13-19(15)14-12-18-17(20)11-10-16-8-3-2-4-9-16/h2-4,8-11,15H,5-7,12-14H2,1H3,(H,18,20)/b11-10+/t15-/m0/s1. The van der Waals surface area contributed by atoms with E-state index in [4.69, 9.17) is 0 Å². The second-order valence-electron chi connectivity index (χ2n) is 5.42. The third-order valence-electron chi connectivity index (χ3n) is 3.87. The largest absolute Gasteiger partial charge is 0.351 e. The first kappa shape index (κ1) is 14.8. The molecule has 20 heavy (non-hydrogen) atoms. The molecule has 1 fully saturated rings. The number of hydrogen-bond acceptors (Lipinski definition) is 2. The van der Waals surface area contributed by atoms with Crippen molar-refractivity contribution in [2.75, 3.05) is 19.6 Å². The fourth-order valence-electron chi connectivity index (χ4n) is 2.61. The van der Waals surface area contributed by atoms with Crippen LogP contribution in [0.3, 0.4) is 0 Å². The Morgan fingerprint density at radius 1 is 1.35 bits per heavy atom. The number of rotatable bonds is 5. The van der Waals surface area contributed by atoms with Gasteiger partial charge >= 0.3 is 0 Å². The summed E-state index contributed by atoms with van der Waals surface area (Å²) in [5.74, 6) is -0.0153. The Morgan fingerprint density at radius 2 is 2.15 bits per heavy atom. The highest BCUT2D eigenvalue weighted by molar-refractivity contribution is 5.91. The van der Waals surface area contributed by atoms with Gasteiger partial charge in [-0.2, -0.15) is 0 Å². The van der Waals surface area contributed by atoms with Crippen molar-refractivity contribution in [3.05, 3.63) is 42.0 Å². The Morgan fingerprint density at radius 3 is 2.90 bits per heavy atom. The van der Waals surface area contributed by atoms with Gasteiger partial charge < -0.3 is 5.32 Å². The highest BCUT2D eigenvalue weighted by atomic mass is 16.1. The average Bonchev–Trinajstić information content (AvgIpc) is 2.48. The molecule has 1 aromatic carbocycles. The van der Waals surface area contributed by atoms with Crippen molar-refractivity contribution in [3.8, 4) is 0 Å². The summed E-state index contributed by atoms with van der Waals surface area (Å²) in [4.78, 5) is 14.2. The molecule has 1 aliphatic rings. The number of carbonyl (C=O) groups excluding carboxylic acids is 1. The van der Waals surface area contributed by atoms with E-state index in [0.717, 1.165) is 25.2 Å². The Labute approximate surface area is 121 Å². The average molecular weight is 272 g/mol. The van der Waals surface area contributed by atoms with E-state index in [9.17, 15) is 4.79 Å². The second-order valence-corrected chi connectivity index (χ2v) is 5.42. The summed E-state index contributed by atoms with van der Waals surface area (Å²) in [5, 5.41) is 2.95. The highest BCUT2D eigenvalue weighted by Gasteiger charge is 2.17. The van der Waals surface area contributed by atoms with Crippen LogP contribution in [0.15, 0.2) is 36.4 Å². The van der Waals surface area contributed by atoms with Crippen molar-refractivity contribution in [2.24, 2.45) is 0 Å². The summed E-state index contributed by atoms with van der Waals surface area (Å²) in [5.41, 5.74) is 1.05. The topological polar surface area (TPSA) is 32.3 Å². The van der Waals surface area contributed by atoms with Crippen LogP contribution in [0.2, 0.25) is 0 Å². The zero-order chi connectivity index (χ0) is 14.2. The van der Waals surface area contributed by atoms with Crippen LogP contribution in [0.25, 0.3) is 6.08 Å². The fraction of sp³-hybridized carbons (Fsp3) is 0.471. The van der Waals surface area contributed by atoms with E-state index < -0.39 is 0 Å². The number of piperidine rings is 1. The Balaban J connectivity index is 1.69. The summed E-state index contributed by atoms with van der Waals surface area (Å²) in [6.07, 6.45) is 7.35. The van der Waals surface area contributed by atoms with Crippen LogP contribution >= 0.6 is 0 Å². The summed E-state index contributed by atoms with van der Waals surface area (Å²) in [6, 6.07) is 10.5. The molecule has 1 heterocycles. The van der Waals surface area contributed by atoms with Crippen molar-refractivity contribution in [1.82, 2.24) is 10.2 Å². The van der Waals surface area contributed by atoms with Crippen LogP contribution in [0.1, 0.15) is 31.7 Å². The summed E-state index contributed by atoms with van der Waals surface area (Å²) >= 11 is 0. The molecule has 108 valence electrons. The van der Waals surface area contributed by atoms with Gasteiger partial charge in [0.15, 0.2) is 0 Å². The monoisotopic (exact) mass is 272 g/mol. The highest BCUT2D eigenvalue weighted by Crippen LogP contribution is 2.15. The molecule has 0 saturated carbocycles. The van der Waals surface area contributed by atoms with Crippen LogP contribution in [0.4, 0.5) is 0 Å². The number of nitrogens with one attached hydrogen (secondary N) is 1. The lowest BCUT2D eigenvalue weighted by molar-refractivity contribution is -0.116. The van der Waals surface area contributed by atoms with Crippen molar-refractivity contribution in [3.63, 3.8) is 0 Å². The quantitative estimate of drug-likeness (QED) is 0.836. The molecule has 2 rings (SSSR count). The van der Waals surface area contributed by atoms with Gasteiger partial charge in [0.05, 0.1) is 0 Å². The summed E-state index contributed by atoms with van der Waals surface area (Å²) in [7, 11) is 0. The molecule has 1 aliphatic heterocycles. The van der Waals surface area contributed by atoms with Crippen LogP contribution in [0, 0.1) is 0 Å². The van der Waals surface area contributed by atoms with Crippen molar-refractivity contribution < 1.29 is 4.79 Å². The molecule has 1 N–H and O–H groups in total. The molecule has 0 aliphatic carbocycles. The molecule has 0 aromatic heterocycles. The predicted octanol–water partition coefficient (Wildman–Crippen LogP) is 2.69. The van der Waals surface area contributed by atoms with Gasteiger partial charge in [0.1, 0.15) is 0 Å². The third-order valence-corrected chi connectivity index (χ3v) is 3.87. The van der Waals surface area contributed by atoms with E-state index in [0.29, 0.717) is 6.04 Å². The van der Waals surface area contributed by atoms with Crippen LogP contribution in [-0.2, 0) is 4.79 Å². The molecule has 1 amide bonds. The van der Waals surface area contributed by atoms with Crippen LogP contribution in [0.5, 0.6) is 0 Å². The number of likely N-dealkylation sites (tertiary alicyclic amines) is 1. The minimum absolute atomic E-state index is 0.0153. The molecule has 0 radical (unpaired) electrons. The van der Waals surface area contributed by atoms with Gasteiger partial charge in [0, 0.05) is 25.2 Å². The van der Waals surface area contributed by atoms with Crippen molar-refractivity contribution in [2.45, 2.75) is 32.2 Å². The Kier molecular flexibility index (Phi) is 5.81. The zero-order valence-corrected chi connectivity index (χ0v) is 12.2. The second kappa shape index (κ2) is 7.85. The molecule has 3 nitrogen and oxygen atoms in total. The Bertz CT molecular complexity index is 442. The van der Waals surface area contributed by atoms with Gasteiger partial charge in [-0.05, 0) is 37.9 Å². The SMILES string of the molecule is C[C@H]1CCCCN1CCNC(=O)/C=C/c1ccccc1. The van der Waals surface area contributed by atoms with E-state index >= 15 is 0 Å². The van der Waals surface area contributed by atoms with Gasteiger partial charge in [-0.15, -0.1) is 0 Å². The molecule has 0 bridgehead atoms. The molecule has 1 atom stereocenters. The predicted molar refractivity (Wildman–Crippen MR) is 83.4 cm³/mol. The fourth-order valence-corrected chi connectivity index (χ4v) is 2.61. The zero-order valence-electron chi connectivity index (χ0n) is 12.2. The number of benzene rings is 1. The van der Waals surface area contributed by atoms with E-state index in [2.05, 4.69) is 17.1 Å². The van der Waals surface area contributed by atoms with E-state index in [1.807, 2.05) is 36.4 Å². The van der Waals surface area contributed by atoms with Crippen molar-refractivity contribution >= 4 is 12.0 Å². The lowest BCUT2D eigenvalue weighted by Crippen LogP contribution is -2.42. The first-order valence-corrected chi connectivity index (χ1v) is 7.51. The summed E-state index contributed by atoms with van der Waals surface area (Å²) in [6.45, 7) is 5.11. The minimum atomic E-state index is -0.0153. The molecule has 1 aromatic rings. The molecule has 3 heteroatoms. The first-order chi connectivity index (χ1) is 9.75. The number of hydrogen-bond donors (Lipinski definition) is 1. The van der Waals surface area contributed by atoms with Gasteiger partial charge in [0.2, 0.25) is 5.91 Å². The van der Waals surface area contributed by atoms with Gasteiger partial charge in [-0.1, -0.05) is 36.8 Å². The molecular weight excluding hydrogens is 248 g/mol. The lowest BCUT2D eigenvalue weighted by atomic mass is 10.0. The number of amides is 1. The lowest BCUT2D eigenvalue weighted by Gasteiger charge is -2.33. The third kappa shape index (κ3) is 4.82. The molecule has 1 saturated heterocycles. The van der Waals surface area contributed by atoms with Crippen LogP contribution in [-0.4, -0.2) is 36.5 Å².